The summed E-state index contributed by atoms with van der Waals surface area (Å²) in [5.74, 6) is 0.339. The summed E-state index contributed by atoms with van der Waals surface area (Å²) < 4.78 is 27.0. The van der Waals surface area contributed by atoms with Crippen molar-refractivity contribution in [1.82, 2.24) is 4.72 Å². The molecule has 21 heavy (non-hydrogen) atoms. The average Bonchev–Trinajstić information content (AvgIpc) is 2.48. The summed E-state index contributed by atoms with van der Waals surface area (Å²) in [7, 11) is -3.40. The molecule has 0 radical (unpaired) electrons. The minimum atomic E-state index is -3.40. The Hall–Kier alpha value is -1.11. The molecule has 0 heterocycles. The summed E-state index contributed by atoms with van der Waals surface area (Å²) in [5.41, 5.74) is 6.90. The van der Waals surface area contributed by atoms with E-state index < -0.39 is 10.0 Å². The van der Waals surface area contributed by atoms with Gasteiger partial charge in [-0.15, -0.1) is 0 Å². The summed E-state index contributed by atoms with van der Waals surface area (Å²) >= 11 is 0. The van der Waals surface area contributed by atoms with Crippen LogP contribution >= 0.6 is 0 Å². The molecule has 0 saturated heterocycles. The molecule has 2 atom stereocenters. The van der Waals surface area contributed by atoms with Crippen LogP contribution < -0.4 is 10.5 Å². The zero-order chi connectivity index (χ0) is 15.3. The van der Waals surface area contributed by atoms with E-state index in [0.29, 0.717) is 17.8 Å². The van der Waals surface area contributed by atoms with E-state index in [0.717, 1.165) is 25.7 Å². The number of hydrogen-bond acceptors (Lipinski definition) is 4. The Morgan fingerprint density at radius 1 is 1.19 bits per heavy atom. The van der Waals surface area contributed by atoms with Crippen molar-refractivity contribution in [2.24, 2.45) is 11.8 Å². The van der Waals surface area contributed by atoms with E-state index in [1.165, 1.54) is 0 Å². The van der Waals surface area contributed by atoms with Gasteiger partial charge in [0.25, 0.3) is 0 Å². The van der Waals surface area contributed by atoms with Gasteiger partial charge in [-0.1, -0.05) is 31.0 Å². The number of aliphatic hydroxyl groups excluding tert-OH is 1. The molecule has 1 aromatic carbocycles. The SMILES string of the molecule is Nc1ccccc1CS(=O)(=O)NCC1CCCCC1CO. The highest BCUT2D eigenvalue weighted by molar-refractivity contribution is 7.88. The normalized spacial score (nSPS) is 23.1. The highest BCUT2D eigenvalue weighted by Gasteiger charge is 2.26. The second kappa shape index (κ2) is 7.24. The van der Waals surface area contributed by atoms with E-state index in [2.05, 4.69) is 4.72 Å². The Balaban J connectivity index is 1.93. The van der Waals surface area contributed by atoms with Gasteiger partial charge in [-0.2, -0.15) is 0 Å². The van der Waals surface area contributed by atoms with Crippen LogP contribution in [0.1, 0.15) is 31.2 Å². The number of nitrogens with two attached hydrogens (primary N) is 1. The molecule has 0 amide bonds. The maximum atomic E-state index is 12.2. The lowest BCUT2D eigenvalue weighted by molar-refractivity contribution is 0.136. The summed E-state index contributed by atoms with van der Waals surface area (Å²) in [4.78, 5) is 0. The van der Waals surface area contributed by atoms with E-state index in [1.807, 2.05) is 0 Å². The maximum absolute atomic E-state index is 12.2. The number of benzene rings is 1. The maximum Gasteiger partial charge on any atom is 0.215 e. The van der Waals surface area contributed by atoms with Gasteiger partial charge in [0.2, 0.25) is 10.0 Å². The lowest BCUT2D eigenvalue weighted by Gasteiger charge is -2.30. The lowest BCUT2D eigenvalue weighted by Crippen LogP contribution is -2.36. The summed E-state index contributed by atoms with van der Waals surface area (Å²) in [6, 6.07) is 7.00. The first kappa shape index (κ1) is 16.3. The smallest absolute Gasteiger partial charge is 0.215 e. The van der Waals surface area contributed by atoms with Crippen molar-refractivity contribution in [2.45, 2.75) is 31.4 Å². The highest BCUT2D eigenvalue weighted by Crippen LogP contribution is 2.29. The first-order valence-electron chi connectivity index (χ1n) is 7.43. The molecule has 0 aromatic heterocycles. The minimum absolute atomic E-state index is 0.101. The standard InChI is InChI=1S/C15H24N2O3S/c16-15-8-4-3-7-14(15)11-21(19,20)17-9-12-5-1-2-6-13(12)10-18/h3-4,7-8,12-13,17-18H,1-2,5-6,9-11,16H2. The van der Waals surface area contributed by atoms with Crippen LogP contribution in [0.5, 0.6) is 0 Å². The molecule has 2 rings (SSSR count). The molecule has 6 heteroatoms. The van der Waals surface area contributed by atoms with Gasteiger partial charge >= 0.3 is 0 Å². The van der Waals surface area contributed by atoms with E-state index in [4.69, 9.17) is 5.73 Å². The fraction of sp³-hybridized carbons (Fsp3) is 0.600. The van der Waals surface area contributed by atoms with E-state index in [-0.39, 0.29) is 24.2 Å². The number of aliphatic hydroxyl groups is 1. The Morgan fingerprint density at radius 2 is 1.86 bits per heavy atom. The molecule has 4 N–H and O–H groups in total. The third-order valence-corrected chi connectivity index (χ3v) is 5.56. The summed E-state index contributed by atoms with van der Waals surface area (Å²) in [6.45, 7) is 0.540. The van der Waals surface area contributed by atoms with Crippen LogP contribution in [0, 0.1) is 11.8 Å². The zero-order valence-corrected chi connectivity index (χ0v) is 13.0. The monoisotopic (exact) mass is 312 g/mol. The quantitative estimate of drug-likeness (QED) is 0.694. The minimum Gasteiger partial charge on any atom is -0.398 e. The van der Waals surface area contributed by atoms with Crippen molar-refractivity contribution in [3.8, 4) is 0 Å². The molecule has 5 nitrogen and oxygen atoms in total. The van der Waals surface area contributed by atoms with Gasteiger partial charge < -0.3 is 10.8 Å². The molecule has 1 aliphatic rings. The topological polar surface area (TPSA) is 92.4 Å². The first-order valence-corrected chi connectivity index (χ1v) is 9.08. The second-order valence-electron chi connectivity index (χ2n) is 5.79. The van der Waals surface area contributed by atoms with Crippen LogP contribution in [0.3, 0.4) is 0 Å². The molecular weight excluding hydrogens is 288 g/mol. The average molecular weight is 312 g/mol. The van der Waals surface area contributed by atoms with Crippen LogP contribution in [-0.4, -0.2) is 26.7 Å². The van der Waals surface area contributed by atoms with Gasteiger partial charge in [0, 0.05) is 18.8 Å². The molecule has 0 spiro atoms. The Bertz CT molecular complexity index is 560. The van der Waals surface area contributed by atoms with Crippen LogP contribution in [0.25, 0.3) is 0 Å². The predicted octanol–water partition coefficient (Wildman–Crippen LogP) is 1.49. The van der Waals surface area contributed by atoms with Gasteiger partial charge in [-0.3, -0.25) is 0 Å². The molecular formula is C15H24N2O3S. The molecule has 2 unspecified atom stereocenters. The fourth-order valence-corrected chi connectivity index (χ4v) is 4.19. The predicted molar refractivity (Wildman–Crippen MR) is 84.0 cm³/mol. The number of nitrogens with one attached hydrogen (secondary N) is 1. The van der Waals surface area contributed by atoms with E-state index in [9.17, 15) is 13.5 Å². The molecule has 0 aliphatic heterocycles. The molecule has 0 bridgehead atoms. The number of anilines is 1. The van der Waals surface area contributed by atoms with Gasteiger partial charge in [0.15, 0.2) is 0 Å². The lowest BCUT2D eigenvalue weighted by atomic mass is 9.80. The molecule has 1 fully saturated rings. The summed E-state index contributed by atoms with van der Waals surface area (Å²) in [5, 5.41) is 9.37. The van der Waals surface area contributed by atoms with Crippen LogP contribution in [0.2, 0.25) is 0 Å². The van der Waals surface area contributed by atoms with Gasteiger partial charge in [-0.25, -0.2) is 13.1 Å². The van der Waals surface area contributed by atoms with Gasteiger partial charge in [0.05, 0.1) is 5.75 Å². The number of para-hydroxylation sites is 1. The second-order valence-corrected chi connectivity index (χ2v) is 7.60. The van der Waals surface area contributed by atoms with E-state index >= 15 is 0 Å². The third-order valence-electron chi connectivity index (χ3n) is 4.27. The van der Waals surface area contributed by atoms with Gasteiger partial charge in [0.1, 0.15) is 0 Å². The molecule has 118 valence electrons. The first-order chi connectivity index (χ1) is 10.0. The van der Waals surface area contributed by atoms with Crippen molar-refractivity contribution in [3.63, 3.8) is 0 Å². The van der Waals surface area contributed by atoms with Crippen LogP contribution in [0.4, 0.5) is 5.69 Å². The van der Waals surface area contributed by atoms with Gasteiger partial charge in [-0.05, 0) is 36.3 Å². The Kier molecular flexibility index (Phi) is 5.61. The van der Waals surface area contributed by atoms with Crippen molar-refractivity contribution in [1.29, 1.82) is 0 Å². The Labute approximate surface area is 126 Å². The molecule has 1 aliphatic carbocycles. The third kappa shape index (κ3) is 4.69. The van der Waals surface area contributed by atoms with Crippen molar-refractivity contribution in [3.05, 3.63) is 29.8 Å². The number of sulfonamides is 1. The van der Waals surface area contributed by atoms with Crippen molar-refractivity contribution < 1.29 is 13.5 Å². The number of hydrogen-bond donors (Lipinski definition) is 3. The highest BCUT2D eigenvalue weighted by atomic mass is 32.2. The fourth-order valence-electron chi connectivity index (χ4n) is 2.95. The van der Waals surface area contributed by atoms with Crippen LogP contribution in [-0.2, 0) is 15.8 Å². The molecule has 1 aromatic rings. The largest absolute Gasteiger partial charge is 0.398 e. The summed E-state index contributed by atoms with van der Waals surface area (Å²) in [6.07, 6.45) is 4.18. The number of nitrogen functional groups attached to an aromatic ring is 1. The van der Waals surface area contributed by atoms with Crippen LogP contribution in [0.15, 0.2) is 24.3 Å². The zero-order valence-electron chi connectivity index (χ0n) is 12.2. The van der Waals surface area contributed by atoms with Crippen molar-refractivity contribution >= 4 is 15.7 Å². The number of rotatable bonds is 6. The van der Waals surface area contributed by atoms with Crippen molar-refractivity contribution in [2.75, 3.05) is 18.9 Å². The van der Waals surface area contributed by atoms with E-state index in [1.54, 1.807) is 24.3 Å². The molecule has 1 saturated carbocycles. The Morgan fingerprint density at radius 3 is 2.52 bits per heavy atom.